The van der Waals surface area contributed by atoms with Crippen LogP contribution in [0.2, 0.25) is 10.0 Å². The summed E-state index contributed by atoms with van der Waals surface area (Å²) in [7, 11) is 1.81. The molecule has 23 heavy (non-hydrogen) atoms. The highest BCUT2D eigenvalue weighted by molar-refractivity contribution is 6.42. The van der Waals surface area contributed by atoms with Crippen LogP contribution in [0.15, 0.2) is 42.5 Å². The summed E-state index contributed by atoms with van der Waals surface area (Å²) in [4.78, 5) is 13.8. The van der Waals surface area contributed by atoms with Crippen molar-refractivity contribution in [2.45, 2.75) is 13.1 Å². The van der Waals surface area contributed by atoms with Gasteiger partial charge < -0.3 is 5.32 Å². The second-order valence-electron chi connectivity index (χ2n) is 5.25. The average Bonchev–Trinajstić information content (AvgIpc) is 2.51. The molecule has 0 spiro atoms. The molecule has 0 fully saturated rings. The first kappa shape index (κ1) is 17.7. The fourth-order valence-electron chi connectivity index (χ4n) is 2.15. The topological polar surface area (TPSA) is 32.3 Å². The van der Waals surface area contributed by atoms with Crippen LogP contribution in [-0.4, -0.2) is 24.4 Å². The van der Waals surface area contributed by atoms with Crippen molar-refractivity contribution in [3.8, 4) is 0 Å². The Morgan fingerprint density at radius 1 is 1.13 bits per heavy atom. The van der Waals surface area contributed by atoms with Gasteiger partial charge in [0.05, 0.1) is 16.6 Å². The largest absolute Gasteiger partial charge is 0.351 e. The molecule has 0 aliphatic heterocycles. The van der Waals surface area contributed by atoms with Gasteiger partial charge in [0.1, 0.15) is 5.82 Å². The van der Waals surface area contributed by atoms with E-state index >= 15 is 0 Å². The van der Waals surface area contributed by atoms with Crippen molar-refractivity contribution in [3.05, 3.63) is 69.5 Å². The Bertz CT molecular complexity index is 694. The molecule has 2 rings (SSSR count). The molecule has 0 atom stereocenters. The molecule has 0 radical (unpaired) electrons. The molecular weight excluding hydrogens is 338 g/mol. The van der Waals surface area contributed by atoms with E-state index in [9.17, 15) is 9.18 Å². The number of rotatable bonds is 6. The molecule has 1 amide bonds. The van der Waals surface area contributed by atoms with Crippen LogP contribution in [0, 0.1) is 5.82 Å². The maximum atomic E-state index is 13.5. The summed E-state index contributed by atoms with van der Waals surface area (Å²) in [6.45, 7) is 0.834. The number of amides is 1. The van der Waals surface area contributed by atoms with E-state index in [0.717, 1.165) is 5.56 Å². The Kier molecular flexibility index (Phi) is 6.39. The molecule has 0 saturated carbocycles. The first-order chi connectivity index (χ1) is 11.0. The number of benzene rings is 2. The molecule has 0 heterocycles. The molecule has 0 bridgehead atoms. The number of carbonyl (C=O) groups excluding carboxylic acids is 1. The van der Waals surface area contributed by atoms with E-state index in [1.165, 1.54) is 6.07 Å². The molecule has 0 aromatic heterocycles. The summed E-state index contributed by atoms with van der Waals surface area (Å²) in [6, 6.07) is 11.8. The fraction of sp³-hybridized carbons (Fsp3) is 0.235. The SMILES string of the molecule is CN(CC(=O)NCc1ccccc1F)Cc1cccc(Cl)c1Cl. The summed E-state index contributed by atoms with van der Waals surface area (Å²) in [5.41, 5.74) is 1.31. The number of hydrogen-bond acceptors (Lipinski definition) is 2. The maximum absolute atomic E-state index is 13.5. The normalized spacial score (nSPS) is 10.8. The van der Waals surface area contributed by atoms with Crippen LogP contribution in [-0.2, 0) is 17.9 Å². The number of hydrogen-bond donors (Lipinski definition) is 1. The zero-order valence-corrected chi connectivity index (χ0v) is 14.2. The van der Waals surface area contributed by atoms with Gasteiger partial charge in [-0.1, -0.05) is 53.5 Å². The van der Waals surface area contributed by atoms with Gasteiger partial charge in [-0.15, -0.1) is 0 Å². The predicted molar refractivity (Wildman–Crippen MR) is 91.0 cm³/mol. The highest BCUT2D eigenvalue weighted by Gasteiger charge is 2.11. The van der Waals surface area contributed by atoms with Crippen LogP contribution in [0.4, 0.5) is 4.39 Å². The molecule has 0 unspecified atom stereocenters. The maximum Gasteiger partial charge on any atom is 0.234 e. The molecule has 1 N–H and O–H groups in total. The van der Waals surface area contributed by atoms with Crippen molar-refractivity contribution in [3.63, 3.8) is 0 Å². The van der Waals surface area contributed by atoms with Gasteiger partial charge in [0.15, 0.2) is 0 Å². The number of carbonyl (C=O) groups is 1. The van der Waals surface area contributed by atoms with Crippen molar-refractivity contribution in [2.75, 3.05) is 13.6 Å². The standard InChI is InChI=1S/C17H17Cl2FN2O/c1-22(10-13-6-4-7-14(18)17(13)19)11-16(23)21-9-12-5-2-3-8-15(12)20/h2-8H,9-11H2,1H3,(H,21,23). The van der Waals surface area contributed by atoms with Gasteiger partial charge in [0.2, 0.25) is 5.91 Å². The highest BCUT2D eigenvalue weighted by Crippen LogP contribution is 2.26. The third-order valence-corrected chi connectivity index (χ3v) is 4.18. The lowest BCUT2D eigenvalue weighted by atomic mass is 10.2. The van der Waals surface area contributed by atoms with Gasteiger partial charge in [0.25, 0.3) is 0 Å². The lowest BCUT2D eigenvalue weighted by Gasteiger charge is -2.17. The van der Waals surface area contributed by atoms with E-state index in [2.05, 4.69) is 5.32 Å². The van der Waals surface area contributed by atoms with Crippen molar-refractivity contribution >= 4 is 29.1 Å². The van der Waals surface area contributed by atoms with E-state index in [4.69, 9.17) is 23.2 Å². The zero-order valence-electron chi connectivity index (χ0n) is 12.7. The Hall–Kier alpha value is -1.62. The minimum absolute atomic E-state index is 0.164. The highest BCUT2D eigenvalue weighted by atomic mass is 35.5. The Morgan fingerprint density at radius 2 is 1.83 bits per heavy atom. The smallest absolute Gasteiger partial charge is 0.234 e. The van der Waals surface area contributed by atoms with E-state index in [-0.39, 0.29) is 24.8 Å². The monoisotopic (exact) mass is 354 g/mol. The van der Waals surface area contributed by atoms with Gasteiger partial charge in [0, 0.05) is 18.7 Å². The number of halogens is 3. The lowest BCUT2D eigenvalue weighted by Crippen LogP contribution is -2.34. The molecule has 3 nitrogen and oxygen atoms in total. The molecule has 2 aromatic rings. The second-order valence-corrected chi connectivity index (χ2v) is 6.04. The zero-order chi connectivity index (χ0) is 16.8. The first-order valence-electron chi connectivity index (χ1n) is 7.09. The second kappa shape index (κ2) is 8.29. The summed E-state index contributed by atoms with van der Waals surface area (Å²) in [6.07, 6.45) is 0. The minimum Gasteiger partial charge on any atom is -0.351 e. The first-order valence-corrected chi connectivity index (χ1v) is 7.84. The number of nitrogens with one attached hydrogen (secondary N) is 1. The van der Waals surface area contributed by atoms with Gasteiger partial charge >= 0.3 is 0 Å². The molecular formula is C17H17Cl2FN2O. The Balaban J connectivity index is 1.85. The van der Waals surface area contributed by atoms with Crippen molar-refractivity contribution in [2.24, 2.45) is 0 Å². The van der Waals surface area contributed by atoms with Gasteiger partial charge in [-0.3, -0.25) is 9.69 Å². The minimum atomic E-state index is -0.327. The molecule has 122 valence electrons. The van der Waals surface area contributed by atoms with Crippen LogP contribution in [0.3, 0.4) is 0 Å². The summed E-state index contributed by atoms with van der Waals surface area (Å²) >= 11 is 12.1. The van der Waals surface area contributed by atoms with E-state index in [1.807, 2.05) is 17.0 Å². The molecule has 0 aliphatic rings. The van der Waals surface area contributed by atoms with Crippen LogP contribution < -0.4 is 5.32 Å². The quantitative estimate of drug-likeness (QED) is 0.853. The van der Waals surface area contributed by atoms with Crippen molar-refractivity contribution in [1.29, 1.82) is 0 Å². The van der Waals surface area contributed by atoms with Gasteiger partial charge in [-0.25, -0.2) is 4.39 Å². The molecule has 2 aromatic carbocycles. The van der Waals surface area contributed by atoms with Gasteiger partial charge in [-0.05, 0) is 24.7 Å². The van der Waals surface area contributed by atoms with Crippen LogP contribution in [0.25, 0.3) is 0 Å². The summed E-state index contributed by atoms with van der Waals surface area (Å²) in [5, 5.41) is 3.68. The third-order valence-electron chi connectivity index (χ3n) is 3.32. The average molecular weight is 355 g/mol. The Morgan fingerprint density at radius 3 is 2.57 bits per heavy atom. The summed E-state index contributed by atoms with van der Waals surface area (Å²) < 4.78 is 13.5. The summed E-state index contributed by atoms with van der Waals surface area (Å²) in [5.74, 6) is -0.513. The van der Waals surface area contributed by atoms with Crippen molar-refractivity contribution < 1.29 is 9.18 Å². The fourth-order valence-corrected chi connectivity index (χ4v) is 2.53. The number of nitrogens with zero attached hydrogens (tertiary/aromatic N) is 1. The van der Waals surface area contributed by atoms with E-state index in [0.29, 0.717) is 22.2 Å². The molecule has 0 saturated heterocycles. The third kappa shape index (κ3) is 5.20. The molecule has 0 aliphatic carbocycles. The van der Waals surface area contributed by atoms with Crippen molar-refractivity contribution in [1.82, 2.24) is 10.2 Å². The van der Waals surface area contributed by atoms with Crippen LogP contribution in [0.5, 0.6) is 0 Å². The van der Waals surface area contributed by atoms with Gasteiger partial charge in [-0.2, -0.15) is 0 Å². The van der Waals surface area contributed by atoms with Crippen LogP contribution in [0.1, 0.15) is 11.1 Å². The number of likely N-dealkylation sites (N-methyl/N-ethyl adjacent to an activating group) is 1. The van der Waals surface area contributed by atoms with E-state index in [1.54, 1.807) is 31.3 Å². The van der Waals surface area contributed by atoms with E-state index < -0.39 is 0 Å². The lowest BCUT2D eigenvalue weighted by molar-refractivity contribution is -0.122. The Labute approximate surface area is 145 Å². The predicted octanol–water partition coefficient (Wildman–Crippen LogP) is 3.88. The van der Waals surface area contributed by atoms with Crippen LogP contribution >= 0.6 is 23.2 Å². The molecule has 6 heteroatoms.